The maximum absolute atomic E-state index is 5.20. The lowest BCUT2D eigenvalue weighted by Crippen LogP contribution is -2.24. The van der Waals surface area contributed by atoms with Crippen molar-refractivity contribution in [2.24, 2.45) is 0 Å². The Morgan fingerprint density at radius 1 is 1.33 bits per heavy atom. The molecule has 3 nitrogen and oxygen atoms in total. The molecule has 1 unspecified atom stereocenters. The van der Waals surface area contributed by atoms with Gasteiger partial charge < -0.3 is 10.1 Å². The summed E-state index contributed by atoms with van der Waals surface area (Å²) >= 11 is 3.56. The smallest absolute Gasteiger partial charge is 0.134 e. The van der Waals surface area contributed by atoms with Crippen LogP contribution in [0, 0.1) is 0 Å². The first-order chi connectivity index (χ1) is 8.76. The third-order valence-electron chi connectivity index (χ3n) is 2.95. The minimum absolute atomic E-state index is 0.284. The van der Waals surface area contributed by atoms with Crippen LogP contribution in [0.2, 0.25) is 0 Å². The molecule has 1 atom stereocenters. The van der Waals surface area contributed by atoms with Crippen LogP contribution in [-0.2, 0) is 4.74 Å². The number of nitrogens with one attached hydrogen (secondary N) is 1. The molecule has 1 heterocycles. The summed E-state index contributed by atoms with van der Waals surface area (Å²) in [7, 11) is 1.72. The topological polar surface area (TPSA) is 34.1 Å². The number of benzene rings is 1. The van der Waals surface area contributed by atoms with Crippen LogP contribution in [0.4, 0.5) is 5.82 Å². The van der Waals surface area contributed by atoms with E-state index in [0.29, 0.717) is 6.61 Å². The number of ether oxygens (including phenoxy) is 1. The second-order valence-corrected chi connectivity index (χ2v) is 5.05. The minimum Gasteiger partial charge on any atom is -0.383 e. The van der Waals surface area contributed by atoms with Gasteiger partial charge in [-0.3, -0.25) is 0 Å². The fourth-order valence-corrected chi connectivity index (χ4v) is 2.44. The van der Waals surface area contributed by atoms with E-state index >= 15 is 0 Å². The average Bonchev–Trinajstić information content (AvgIpc) is 2.39. The van der Waals surface area contributed by atoms with E-state index in [4.69, 9.17) is 4.74 Å². The van der Waals surface area contributed by atoms with Gasteiger partial charge in [0.1, 0.15) is 5.82 Å². The van der Waals surface area contributed by atoms with Gasteiger partial charge in [0.15, 0.2) is 0 Å². The number of methoxy groups -OCH3 is 1. The van der Waals surface area contributed by atoms with Crippen molar-refractivity contribution in [3.8, 4) is 0 Å². The Morgan fingerprint density at radius 3 is 2.89 bits per heavy atom. The van der Waals surface area contributed by atoms with E-state index in [-0.39, 0.29) is 6.04 Å². The number of anilines is 1. The first-order valence-electron chi connectivity index (χ1n) is 6.05. The molecule has 2 rings (SSSR count). The Bertz CT molecular complexity index is 530. The van der Waals surface area contributed by atoms with Crippen LogP contribution in [0.3, 0.4) is 0 Å². The predicted octanol–water partition coefficient (Wildman–Crippen LogP) is 3.83. The molecule has 18 heavy (non-hydrogen) atoms. The Morgan fingerprint density at radius 2 is 2.17 bits per heavy atom. The van der Waals surface area contributed by atoms with Crippen molar-refractivity contribution in [2.45, 2.75) is 19.4 Å². The molecule has 1 N–H and O–H groups in total. The molecular weight excluding hydrogens is 292 g/mol. The third-order valence-corrected chi connectivity index (χ3v) is 3.65. The van der Waals surface area contributed by atoms with Gasteiger partial charge in [0.05, 0.1) is 12.6 Å². The largest absolute Gasteiger partial charge is 0.383 e. The summed E-state index contributed by atoms with van der Waals surface area (Å²) in [6.45, 7) is 2.82. The zero-order valence-electron chi connectivity index (χ0n) is 10.6. The predicted molar refractivity (Wildman–Crippen MR) is 79.0 cm³/mol. The molecule has 1 aromatic carbocycles. The van der Waals surface area contributed by atoms with Crippen LogP contribution in [0.15, 0.2) is 34.9 Å². The number of nitrogens with zero attached hydrogens (tertiary/aromatic N) is 1. The van der Waals surface area contributed by atoms with E-state index in [0.717, 1.165) is 22.1 Å². The number of hydrogen-bond acceptors (Lipinski definition) is 3. The van der Waals surface area contributed by atoms with E-state index in [1.54, 1.807) is 7.11 Å². The molecule has 0 aliphatic rings. The molecule has 0 aliphatic carbocycles. The molecule has 0 bridgehead atoms. The molecule has 1 aromatic heterocycles. The summed E-state index contributed by atoms with van der Waals surface area (Å²) in [5.74, 6) is 0.915. The molecule has 0 saturated carbocycles. The SMILES string of the molecule is CCC(COC)Nc1nccc2c(Br)cccc12. The van der Waals surface area contributed by atoms with Gasteiger partial charge in [0.2, 0.25) is 0 Å². The first-order valence-corrected chi connectivity index (χ1v) is 6.84. The van der Waals surface area contributed by atoms with E-state index in [9.17, 15) is 0 Å². The van der Waals surface area contributed by atoms with E-state index in [1.165, 1.54) is 5.39 Å². The molecule has 0 radical (unpaired) electrons. The van der Waals surface area contributed by atoms with Crippen molar-refractivity contribution >= 4 is 32.5 Å². The number of fused-ring (bicyclic) bond motifs is 1. The third kappa shape index (κ3) is 2.82. The molecular formula is C14H17BrN2O. The van der Waals surface area contributed by atoms with Crippen LogP contribution in [-0.4, -0.2) is 24.7 Å². The highest BCUT2D eigenvalue weighted by molar-refractivity contribution is 9.10. The maximum Gasteiger partial charge on any atom is 0.134 e. The van der Waals surface area contributed by atoms with Crippen molar-refractivity contribution in [1.29, 1.82) is 0 Å². The van der Waals surface area contributed by atoms with Gasteiger partial charge >= 0.3 is 0 Å². The number of aromatic nitrogens is 1. The van der Waals surface area contributed by atoms with Crippen LogP contribution in [0.1, 0.15) is 13.3 Å². The number of halogens is 1. The molecule has 0 fully saturated rings. The van der Waals surface area contributed by atoms with Gasteiger partial charge in [0.25, 0.3) is 0 Å². The van der Waals surface area contributed by atoms with Crippen LogP contribution < -0.4 is 5.32 Å². The summed E-state index contributed by atoms with van der Waals surface area (Å²) in [5.41, 5.74) is 0. The molecule has 0 amide bonds. The second kappa shape index (κ2) is 6.16. The molecule has 0 saturated heterocycles. The minimum atomic E-state index is 0.284. The van der Waals surface area contributed by atoms with Gasteiger partial charge in [-0.05, 0) is 18.6 Å². The van der Waals surface area contributed by atoms with Crippen molar-refractivity contribution in [3.05, 3.63) is 34.9 Å². The van der Waals surface area contributed by atoms with E-state index in [2.05, 4.69) is 39.2 Å². The van der Waals surface area contributed by atoms with Gasteiger partial charge in [-0.15, -0.1) is 0 Å². The Labute approximate surface area is 116 Å². The summed E-state index contributed by atoms with van der Waals surface area (Å²) in [5, 5.41) is 5.74. The zero-order valence-corrected chi connectivity index (χ0v) is 12.2. The van der Waals surface area contributed by atoms with Gasteiger partial charge in [-0.1, -0.05) is 35.0 Å². The van der Waals surface area contributed by atoms with Crippen molar-refractivity contribution < 1.29 is 4.74 Å². The van der Waals surface area contributed by atoms with Crippen LogP contribution in [0.25, 0.3) is 10.8 Å². The quantitative estimate of drug-likeness (QED) is 0.911. The Kier molecular flexibility index (Phi) is 4.55. The fourth-order valence-electron chi connectivity index (χ4n) is 1.94. The number of rotatable bonds is 5. The molecule has 0 aliphatic heterocycles. The van der Waals surface area contributed by atoms with E-state index < -0.39 is 0 Å². The molecule has 96 valence electrons. The van der Waals surface area contributed by atoms with Gasteiger partial charge in [-0.25, -0.2) is 4.98 Å². The standard InChI is InChI=1S/C14H17BrN2O/c1-3-10(9-18-2)17-14-12-5-4-6-13(15)11(12)7-8-16-14/h4-8,10H,3,9H2,1-2H3,(H,16,17). The highest BCUT2D eigenvalue weighted by Gasteiger charge is 2.09. The lowest BCUT2D eigenvalue weighted by molar-refractivity contribution is 0.184. The number of hydrogen-bond donors (Lipinski definition) is 1. The van der Waals surface area contributed by atoms with E-state index in [1.807, 2.05) is 24.4 Å². The van der Waals surface area contributed by atoms with Crippen molar-refractivity contribution in [2.75, 3.05) is 19.0 Å². The summed E-state index contributed by atoms with van der Waals surface area (Å²) in [6.07, 6.45) is 2.83. The summed E-state index contributed by atoms with van der Waals surface area (Å²) in [4.78, 5) is 4.43. The second-order valence-electron chi connectivity index (χ2n) is 4.20. The monoisotopic (exact) mass is 308 g/mol. The normalized spacial score (nSPS) is 12.6. The first kappa shape index (κ1) is 13.3. The molecule has 2 aromatic rings. The number of pyridine rings is 1. The van der Waals surface area contributed by atoms with Gasteiger partial charge in [-0.2, -0.15) is 0 Å². The molecule has 0 spiro atoms. The Balaban J connectivity index is 2.36. The Hall–Kier alpha value is -1.13. The lowest BCUT2D eigenvalue weighted by atomic mass is 10.1. The molecule has 4 heteroatoms. The highest BCUT2D eigenvalue weighted by atomic mass is 79.9. The summed E-state index contributed by atoms with van der Waals surface area (Å²) < 4.78 is 6.29. The lowest BCUT2D eigenvalue weighted by Gasteiger charge is -2.18. The average molecular weight is 309 g/mol. The maximum atomic E-state index is 5.20. The van der Waals surface area contributed by atoms with Crippen molar-refractivity contribution in [1.82, 2.24) is 4.98 Å². The van der Waals surface area contributed by atoms with Crippen molar-refractivity contribution in [3.63, 3.8) is 0 Å². The van der Waals surface area contributed by atoms with Crippen LogP contribution >= 0.6 is 15.9 Å². The summed E-state index contributed by atoms with van der Waals surface area (Å²) in [6, 6.07) is 8.44. The van der Waals surface area contributed by atoms with Gasteiger partial charge in [0, 0.05) is 28.6 Å². The zero-order chi connectivity index (χ0) is 13.0. The fraction of sp³-hybridized carbons (Fsp3) is 0.357. The highest BCUT2D eigenvalue weighted by Crippen LogP contribution is 2.28. The van der Waals surface area contributed by atoms with Crippen LogP contribution in [0.5, 0.6) is 0 Å².